The quantitative estimate of drug-likeness (QED) is 0.909. The van der Waals surface area contributed by atoms with Gasteiger partial charge in [-0.05, 0) is 69.3 Å². The number of anilines is 2. The Kier molecular flexibility index (Phi) is 5.66. The van der Waals surface area contributed by atoms with Gasteiger partial charge in [-0.3, -0.25) is 14.7 Å². The highest BCUT2D eigenvalue weighted by molar-refractivity contribution is 5.95. The first-order chi connectivity index (χ1) is 12.1. The van der Waals surface area contributed by atoms with Crippen LogP contribution in [0.1, 0.15) is 30.9 Å². The monoisotopic (exact) mass is 338 g/mol. The molecule has 1 fully saturated rings. The number of aromatic nitrogens is 1. The number of hydrogen-bond acceptors (Lipinski definition) is 4. The highest BCUT2D eigenvalue weighted by Gasteiger charge is 2.23. The predicted molar refractivity (Wildman–Crippen MR) is 102 cm³/mol. The maximum absolute atomic E-state index is 12.8. The first kappa shape index (κ1) is 17.4. The Bertz CT molecular complexity index is 679. The van der Waals surface area contributed by atoms with Crippen molar-refractivity contribution in [2.75, 3.05) is 37.4 Å². The molecule has 132 valence electrons. The summed E-state index contributed by atoms with van der Waals surface area (Å²) < 4.78 is 0. The number of rotatable bonds is 5. The van der Waals surface area contributed by atoms with Gasteiger partial charge in [0.1, 0.15) is 6.04 Å². The maximum Gasteiger partial charge on any atom is 0.246 e. The molecule has 1 amide bonds. The number of likely N-dealkylation sites (N-methyl/N-ethyl adjacent to an activating group) is 1. The first-order valence-corrected chi connectivity index (χ1v) is 8.87. The summed E-state index contributed by atoms with van der Waals surface area (Å²) >= 11 is 0. The zero-order chi connectivity index (χ0) is 17.6. The molecule has 1 unspecified atom stereocenters. The third kappa shape index (κ3) is 4.37. The summed E-state index contributed by atoms with van der Waals surface area (Å²) in [4.78, 5) is 21.2. The lowest BCUT2D eigenvalue weighted by molar-refractivity contribution is -0.120. The summed E-state index contributed by atoms with van der Waals surface area (Å²) in [5.41, 5.74) is 2.94. The van der Waals surface area contributed by atoms with Crippen molar-refractivity contribution in [3.8, 4) is 0 Å². The number of pyridine rings is 1. The molecule has 5 nitrogen and oxygen atoms in total. The SMILES string of the molecule is CN(C)C(C(=O)Nc1ccc(N2CCCCC2)cc1)c1cccnc1. The molecule has 1 N–H and O–H groups in total. The van der Waals surface area contributed by atoms with E-state index in [0.29, 0.717) is 0 Å². The molecule has 1 aromatic carbocycles. The minimum atomic E-state index is -0.365. The van der Waals surface area contributed by atoms with Gasteiger partial charge < -0.3 is 10.2 Å². The minimum Gasteiger partial charge on any atom is -0.372 e. The fraction of sp³-hybridized carbons (Fsp3) is 0.400. The van der Waals surface area contributed by atoms with Crippen molar-refractivity contribution in [1.29, 1.82) is 0 Å². The Labute approximate surface area is 149 Å². The Balaban J connectivity index is 1.69. The first-order valence-electron chi connectivity index (χ1n) is 8.87. The van der Waals surface area contributed by atoms with Crippen LogP contribution in [0.15, 0.2) is 48.8 Å². The van der Waals surface area contributed by atoms with Gasteiger partial charge in [-0.25, -0.2) is 0 Å². The normalized spacial score (nSPS) is 15.9. The van der Waals surface area contributed by atoms with Gasteiger partial charge in [0.2, 0.25) is 5.91 Å². The number of piperidine rings is 1. The molecule has 25 heavy (non-hydrogen) atoms. The summed E-state index contributed by atoms with van der Waals surface area (Å²) in [6, 6.07) is 11.6. The molecule has 0 bridgehead atoms. The number of hydrogen-bond donors (Lipinski definition) is 1. The summed E-state index contributed by atoms with van der Waals surface area (Å²) in [6.45, 7) is 2.24. The van der Waals surface area contributed by atoms with Gasteiger partial charge in [-0.15, -0.1) is 0 Å². The molecule has 0 radical (unpaired) electrons. The van der Waals surface area contributed by atoms with E-state index in [9.17, 15) is 4.79 Å². The van der Waals surface area contributed by atoms with E-state index in [0.717, 1.165) is 24.3 Å². The Hall–Kier alpha value is -2.40. The molecule has 1 aromatic heterocycles. The summed E-state index contributed by atoms with van der Waals surface area (Å²) in [6.07, 6.45) is 7.30. The van der Waals surface area contributed by atoms with Crippen LogP contribution in [0.3, 0.4) is 0 Å². The van der Waals surface area contributed by atoms with Crippen molar-refractivity contribution < 1.29 is 4.79 Å². The second kappa shape index (κ2) is 8.12. The lowest BCUT2D eigenvalue weighted by Crippen LogP contribution is -2.32. The van der Waals surface area contributed by atoms with E-state index in [-0.39, 0.29) is 11.9 Å². The number of nitrogens with one attached hydrogen (secondary N) is 1. The van der Waals surface area contributed by atoms with Gasteiger partial charge in [0, 0.05) is 36.9 Å². The fourth-order valence-corrected chi connectivity index (χ4v) is 3.34. The van der Waals surface area contributed by atoms with Crippen molar-refractivity contribution in [2.45, 2.75) is 25.3 Å². The molecular weight excluding hydrogens is 312 g/mol. The van der Waals surface area contributed by atoms with Crippen LogP contribution in [0.4, 0.5) is 11.4 Å². The van der Waals surface area contributed by atoms with Crippen LogP contribution in [-0.4, -0.2) is 43.0 Å². The second-order valence-electron chi connectivity index (χ2n) is 6.74. The Morgan fingerprint density at radius 3 is 2.44 bits per heavy atom. The van der Waals surface area contributed by atoms with E-state index in [1.807, 2.05) is 43.3 Å². The average Bonchev–Trinajstić information content (AvgIpc) is 2.64. The van der Waals surface area contributed by atoms with Crippen LogP contribution in [-0.2, 0) is 4.79 Å². The van der Waals surface area contributed by atoms with Crippen LogP contribution in [0, 0.1) is 0 Å². The lowest BCUT2D eigenvalue weighted by atomic mass is 10.1. The maximum atomic E-state index is 12.8. The summed E-state index contributed by atoms with van der Waals surface area (Å²) in [5.74, 6) is -0.0521. The molecule has 1 aliphatic rings. The van der Waals surface area contributed by atoms with E-state index in [1.165, 1.54) is 24.9 Å². The third-order valence-corrected chi connectivity index (χ3v) is 4.62. The van der Waals surface area contributed by atoms with E-state index >= 15 is 0 Å². The molecule has 3 rings (SSSR count). The molecule has 1 atom stereocenters. The molecule has 0 saturated carbocycles. The molecule has 1 saturated heterocycles. The topological polar surface area (TPSA) is 48.5 Å². The van der Waals surface area contributed by atoms with Gasteiger partial charge in [0.25, 0.3) is 0 Å². The second-order valence-corrected chi connectivity index (χ2v) is 6.74. The molecule has 0 spiro atoms. The number of amides is 1. The van der Waals surface area contributed by atoms with Crippen molar-refractivity contribution in [2.24, 2.45) is 0 Å². The van der Waals surface area contributed by atoms with Gasteiger partial charge in [0.15, 0.2) is 0 Å². The third-order valence-electron chi connectivity index (χ3n) is 4.62. The lowest BCUT2D eigenvalue weighted by Gasteiger charge is -2.29. The summed E-state index contributed by atoms with van der Waals surface area (Å²) in [5, 5.41) is 3.03. The van der Waals surface area contributed by atoms with E-state index < -0.39 is 0 Å². The highest BCUT2D eigenvalue weighted by Crippen LogP contribution is 2.23. The Morgan fingerprint density at radius 2 is 1.84 bits per heavy atom. The van der Waals surface area contributed by atoms with Gasteiger partial charge >= 0.3 is 0 Å². The number of benzene rings is 1. The molecule has 2 aromatic rings. The van der Waals surface area contributed by atoms with Crippen LogP contribution in [0.25, 0.3) is 0 Å². The molecular formula is C20H26N4O. The van der Waals surface area contributed by atoms with Gasteiger partial charge in [-0.1, -0.05) is 6.07 Å². The van der Waals surface area contributed by atoms with Crippen LogP contribution < -0.4 is 10.2 Å². The smallest absolute Gasteiger partial charge is 0.246 e. The zero-order valence-corrected chi connectivity index (χ0v) is 15.0. The van der Waals surface area contributed by atoms with Crippen molar-refractivity contribution in [3.63, 3.8) is 0 Å². The van der Waals surface area contributed by atoms with Gasteiger partial charge in [-0.2, -0.15) is 0 Å². The van der Waals surface area contributed by atoms with Crippen molar-refractivity contribution >= 4 is 17.3 Å². The van der Waals surface area contributed by atoms with E-state index in [4.69, 9.17) is 0 Å². The van der Waals surface area contributed by atoms with Crippen molar-refractivity contribution in [1.82, 2.24) is 9.88 Å². The average molecular weight is 338 g/mol. The molecule has 5 heteroatoms. The molecule has 2 heterocycles. The Morgan fingerprint density at radius 1 is 1.12 bits per heavy atom. The predicted octanol–water partition coefficient (Wildman–Crippen LogP) is 3.31. The van der Waals surface area contributed by atoms with E-state index in [1.54, 1.807) is 12.4 Å². The molecule has 0 aliphatic carbocycles. The van der Waals surface area contributed by atoms with Gasteiger partial charge in [0.05, 0.1) is 0 Å². The van der Waals surface area contributed by atoms with Crippen LogP contribution in [0.2, 0.25) is 0 Å². The van der Waals surface area contributed by atoms with E-state index in [2.05, 4.69) is 27.3 Å². The number of carbonyl (C=O) groups is 1. The highest BCUT2D eigenvalue weighted by atomic mass is 16.2. The zero-order valence-electron chi connectivity index (χ0n) is 15.0. The standard InChI is InChI=1S/C20H26N4O/c1-23(2)19(16-7-6-12-21-15-16)20(25)22-17-8-10-18(11-9-17)24-13-4-3-5-14-24/h6-12,15,19H,3-5,13-14H2,1-2H3,(H,22,25). The summed E-state index contributed by atoms with van der Waals surface area (Å²) in [7, 11) is 3.80. The fourth-order valence-electron chi connectivity index (χ4n) is 3.34. The van der Waals surface area contributed by atoms with Crippen LogP contribution >= 0.6 is 0 Å². The molecule has 1 aliphatic heterocycles. The minimum absolute atomic E-state index is 0.0521. The number of nitrogens with zero attached hydrogens (tertiary/aromatic N) is 3. The van der Waals surface area contributed by atoms with Crippen LogP contribution in [0.5, 0.6) is 0 Å². The van der Waals surface area contributed by atoms with Crippen molar-refractivity contribution in [3.05, 3.63) is 54.4 Å². The number of carbonyl (C=O) groups excluding carboxylic acids is 1. The largest absolute Gasteiger partial charge is 0.372 e.